The summed E-state index contributed by atoms with van der Waals surface area (Å²) in [5, 5.41) is 11.9. The fourth-order valence-electron chi connectivity index (χ4n) is 3.17. The van der Waals surface area contributed by atoms with Crippen molar-refractivity contribution in [2.24, 2.45) is 10.9 Å². The average molecular weight is 283 g/mol. The van der Waals surface area contributed by atoms with E-state index in [0.717, 1.165) is 6.54 Å². The van der Waals surface area contributed by atoms with Gasteiger partial charge in [-0.3, -0.25) is 4.90 Å². The van der Waals surface area contributed by atoms with Crippen molar-refractivity contribution in [1.82, 2.24) is 4.90 Å². The molecule has 1 saturated carbocycles. The van der Waals surface area contributed by atoms with Gasteiger partial charge in [0.05, 0.1) is 6.54 Å². The molecular weight excluding hydrogens is 250 g/mol. The first kappa shape index (κ1) is 17.3. The molecule has 0 heterocycles. The summed E-state index contributed by atoms with van der Waals surface area (Å²) >= 11 is 0. The van der Waals surface area contributed by atoms with Gasteiger partial charge in [0.25, 0.3) is 0 Å². The Morgan fingerprint density at radius 3 is 2.30 bits per heavy atom. The van der Waals surface area contributed by atoms with Crippen LogP contribution in [0, 0.1) is 0 Å². The molecule has 1 aliphatic carbocycles. The van der Waals surface area contributed by atoms with Crippen molar-refractivity contribution in [3.05, 3.63) is 0 Å². The van der Waals surface area contributed by atoms with Crippen LogP contribution < -0.4 is 5.73 Å². The molecular formula is C16H33N3O. The van der Waals surface area contributed by atoms with Crippen LogP contribution in [0.5, 0.6) is 0 Å². The number of hydrogen-bond donors (Lipinski definition) is 2. The maximum Gasteiger partial charge on any atom is 0.153 e. The van der Waals surface area contributed by atoms with Gasteiger partial charge in [-0.25, -0.2) is 0 Å². The Morgan fingerprint density at radius 2 is 1.70 bits per heavy atom. The first-order valence-corrected chi connectivity index (χ1v) is 8.48. The highest BCUT2D eigenvalue weighted by molar-refractivity contribution is 5.81. The lowest BCUT2D eigenvalue weighted by Crippen LogP contribution is -2.40. The predicted molar refractivity (Wildman–Crippen MR) is 85.2 cm³/mol. The Bertz CT molecular complexity index is 262. The van der Waals surface area contributed by atoms with Crippen molar-refractivity contribution in [2.75, 3.05) is 13.1 Å². The molecule has 0 saturated heterocycles. The molecule has 4 nitrogen and oxygen atoms in total. The number of rotatable bonds is 11. The standard InChI is InChI=1S/C16H33N3O/c1-2-3-4-5-6-7-10-13-19(14-16(17)18-20)15-11-8-9-12-15/h15,20H,2-14H2,1H3,(H2,17,18). The van der Waals surface area contributed by atoms with Gasteiger partial charge in [0.15, 0.2) is 5.84 Å². The second-order valence-electron chi connectivity index (χ2n) is 6.12. The third kappa shape index (κ3) is 7.13. The van der Waals surface area contributed by atoms with Crippen molar-refractivity contribution < 1.29 is 5.21 Å². The number of unbranched alkanes of at least 4 members (excludes halogenated alkanes) is 6. The van der Waals surface area contributed by atoms with Crippen LogP contribution >= 0.6 is 0 Å². The van der Waals surface area contributed by atoms with Crippen LogP contribution in [-0.2, 0) is 0 Å². The lowest BCUT2D eigenvalue weighted by atomic mass is 10.1. The minimum Gasteiger partial charge on any atom is -0.409 e. The molecule has 0 amide bonds. The van der Waals surface area contributed by atoms with Crippen LogP contribution in [0.4, 0.5) is 0 Å². The molecule has 20 heavy (non-hydrogen) atoms. The zero-order chi connectivity index (χ0) is 14.6. The number of amidine groups is 1. The molecule has 0 aliphatic heterocycles. The van der Waals surface area contributed by atoms with Crippen molar-refractivity contribution in [2.45, 2.75) is 83.6 Å². The summed E-state index contributed by atoms with van der Waals surface area (Å²) in [7, 11) is 0. The van der Waals surface area contributed by atoms with Gasteiger partial charge in [0.1, 0.15) is 0 Å². The second-order valence-corrected chi connectivity index (χ2v) is 6.12. The van der Waals surface area contributed by atoms with Gasteiger partial charge in [-0.05, 0) is 25.8 Å². The quantitative estimate of drug-likeness (QED) is 0.200. The van der Waals surface area contributed by atoms with Crippen LogP contribution in [0.1, 0.15) is 77.6 Å². The fraction of sp³-hybridized carbons (Fsp3) is 0.938. The smallest absolute Gasteiger partial charge is 0.153 e. The molecule has 1 rings (SSSR count). The zero-order valence-electron chi connectivity index (χ0n) is 13.2. The minimum atomic E-state index is 0.347. The lowest BCUT2D eigenvalue weighted by Gasteiger charge is -2.28. The van der Waals surface area contributed by atoms with Crippen LogP contribution in [-0.4, -0.2) is 35.1 Å². The third-order valence-corrected chi connectivity index (χ3v) is 4.38. The first-order chi connectivity index (χ1) is 9.77. The molecule has 1 fully saturated rings. The van der Waals surface area contributed by atoms with Gasteiger partial charge in [0.2, 0.25) is 0 Å². The summed E-state index contributed by atoms with van der Waals surface area (Å²) < 4.78 is 0. The Balaban J connectivity index is 2.19. The molecule has 0 atom stereocenters. The summed E-state index contributed by atoms with van der Waals surface area (Å²) in [5.74, 6) is 0.347. The van der Waals surface area contributed by atoms with Crippen LogP contribution in [0.2, 0.25) is 0 Å². The Hall–Kier alpha value is -0.770. The van der Waals surface area contributed by atoms with E-state index in [1.165, 1.54) is 70.6 Å². The summed E-state index contributed by atoms with van der Waals surface area (Å²) in [6.45, 7) is 3.97. The summed E-state index contributed by atoms with van der Waals surface area (Å²) in [6.07, 6.45) is 14.5. The van der Waals surface area contributed by atoms with E-state index in [1.807, 2.05) is 0 Å². The summed E-state index contributed by atoms with van der Waals surface area (Å²) in [6, 6.07) is 0.649. The first-order valence-electron chi connectivity index (χ1n) is 8.48. The van der Waals surface area contributed by atoms with Crippen LogP contribution in [0.25, 0.3) is 0 Å². The molecule has 0 unspecified atom stereocenters. The molecule has 118 valence electrons. The van der Waals surface area contributed by atoms with Crippen LogP contribution in [0.3, 0.4) is 0 Å². The molecule has 0 radical (unpaired) electrons. The monoisotopic (exact) mass is 283 g/mol. The highest BCUT2D eigenvalue weighted by Crippen LogP contribution is 2.23. The highest BCUT2D eigenvalue weighted by Gasteiger charge is 2.22. The van der Waals surface area contributed by atoms with Gasteiger partial charge < -0.3 is 10.9 Å². The van der Waals surface area contributed by atoms with E-state index in [1.54, 1.807) is 0 Å². The van der Waals surface area contributed by atoms with E-state index in [9.17, 15) is 0 Å². The summed E-state index contributed by atoms with van der Waals surface area (Å²) in [4.78, 5) is 2.42. The molecule has 1 aliphatic rings. The molecule has 0 aromatic heterocycles. The maximum absolute atomic E-state index is 8.75. The van der Waals surface area contributed by atoms with E-state index in [-0.39, 0.29) is 0 Å². The topological polar surface area (TPSA) is 61.8 Å². The van der Waals surface area contributed by atoms with E-state index in [2.05, 4.69) is 17.0 Å². The highest BCUT2D eigenvalue weighted by atomic mass is 16.4. The van der Waals surface area contributed by atoms with E-state index < -0.39 is 0 Å². The van der Waals surface area contributed by atoms with E-state index in [0.29, 0.717) is 18.4 Å². The van der Waals surface area contributed by atoms with Gasteiger partial charge in [-0.15, -0.1) is 0 Å². The molecule has 0 aromatic rings. The molecule has 0 bridgehead atoms. The average Bonchev–Trinajstić information content (AvgIpc) is 2.99. The molecule has 4 heteroatoms. The lowest BCUT2D eigenvalue weighted by molar-refractivity contribution is 0.217. The van der Waals surface area contributed by atoms with Gasteiger partial charge in [0, 0.05) is 6.04 Å². The van der Waals surface area contributed by atoms with Gasteiger partial charge >= 0.3 is 0 Å². The van der Waals surface area contributed by atoms with Crippen molar-refractivity contribution >= 4 is 5.84 Å². The fourth-order valence-corrected chi connectivity index (χ4v) is 3.17. The molecule has 3 N–H and O–H groups in total. The zero-order valence-corrected chi connectivity index (χ0v) is 13.2. The van der Waals surface area contributed by atoms with Crippen molar-refractivity contribution in [1.29, 1.82) is 0 Å². The molecule has 0 spiro atoms. The number of oxime groups is 1. The number of nitrogens with zero attached hydrogens (tertiary/aromatic N) is 2. The normalized spacial score (nSPS) is 17.2. The van der Waals surface area contributed by atoms with Gasteiger partial charge in [-0.1, -0.05) is 63.4 Å². The largest absolute Gasteiger partial charge is 0.409 e. The maximum atomic E-state index is 8.75. The van der Waals surface area contributed by atoms with Crippen molar-refractivity contribution in [3.8, 4) is 0 Å². The SMILES string of the molecule is CCCCCCCCCN(CC(N)=NO)C1CCCC1. The second kappa shape index (κ2) is 11.0. The summed E-state index contributed by atoms with van der Waals surface area (Å²) in [5.41, 5.74) is 5.69. The Kier molecular flexibility index (Phi) is 9.46. The number of nitrogens with two attached hydrogens (primary N) is 1. The predicted octanol–water partition coefficient (Wildman–Crippen LogP) is 3.73. The molecule has 0 aromatic carbocycles. The number of hydrogen-bond acceptors (Lipinski definition) is 3. The Morgan fingerprint density at radius 1 is 1.10 bits per heavy atom. The third-order valence-electron chi connectivity index (χ3n) is 4.38. The van der Waals surface area contributed by atoms with Crippen molar-refractivity contribution in [3.63, 3.8) is 0 Å². The van der Waals surface area contributed by atoms with E-state index in [4.69, 9.17) is 10.9 Å². The van der Waals surface area contributed by atoms with Gasteiger partial charge in [-0.2, -0.15) is 0 Å². The minimum absolute atomic E-state index is 0.347. The van der Waals surface area contributed by atoms with E-state index >= 15 is 0 Å². The Labute approximate surface area is 124 Å². The van der Waals surface area contributed by atoms with Crippen LogP contribution in [0.15, 0.2) is 5.16 Å².